The fourth-order valence-electron chi connectivity index (χ4n) is 1.48. The Hall–Kier alpha value is -2.49. The van der Waals surface area contributed by atoms with Crippen molar-refractivity contribution in [1.82, 2.24) is 0 Å². The largest absolute Gasteiger partial charge is 0.508 e. The lowest BCUT2D eigenvalue weighted by Gasteiger charge is -2.09. The van der Waals surface area contributed by atoms with Gasteiger partial charge in [-0.25, -0.2) is 4.79 Å². The third-order valence-electron chi connectivity index (χ3n) is 2.36. The summed E-state index contributed by atoms with van der Waals surface area (Å²) in [5, 5.41) is 9.37. The predicted molar refractivity (Wildman–Crippen MR) is 66.1 cm³/mol. The summed E-state index contributed by atoms with van der Waals surface area (Å²) < 4.78 is 10.2. The molecule has 1 N–H and O–H groups in total. The second kappa shape index (κ2) is 5.23. The number of carbonyl (C=O) groups is 1. The Morgan fingerprint density at radius 1 is 1.06 bits per heavy atom. The van der Waals surface area contributed by atoms with Crippen LogP contribution in [0.3, 0.4) is 0 Å². The number of rotatable bonds is 3. The van der Waals surface area contributed by atoms with Crippen LogP contribution in [-0.4, -0.2) is 18.2 Å². The van der Waals surface area contributed by atoms with Crippen LogP contribution in [0, 0.1) is 0 Å². The Morgan fingerprint density at radius 3 is 2.44 bits per heavy atom. The molecule has 0 aliphatic rings. The first-order valence-corrected chi connectivity index (χ1v) is 5.35. The maximum Gasteiger partial charge on any atom is 0.343 e. The fourth-order valence-corrected chi connectivity index (χ4v) is 1.48. The first-order valence-electron chi connectivity index (χ1n) is 5.35. The van der Waals surface area contributed by atoms with E-state index < -0.39 is 5.97 Å². The lowest BCUT2D eigenvalue weighted by Crippen LogP contribution is -2.08. The molecule has 2 aromatic carbocycles. The molecule has 92 valence electrons. The van der Waals surface area contributed by atoms with Crippen LogP contribution in [0.25, 0.3) is 0 Å². The van der Waals surface area contributed by atoms with Gasteiger partial charge in [-0.05, 0) is 24.3 Å². The van der Waals surface area contributed by atoms with Crippen LogP contribution in [0.1, 0.15) is 10.4 Å². The Labute approximate surface area is 104 Å². The van der Waals surface area contributed by atoms with Gasteiger partial charge in [0.05, 0.1) is 12.7 Å². The van der Waals surface area contributed by atoms with Crippen LogP contribution in [0.2, 0.25) is 0 Å². The number of benzene rings is 2. The van der Waals surface area contributed by atoms with Gasteiger partial charge in [-0.1, -0.05) is 18.2 Å². The maximum absolute atomic E-state index is 11.8. The van der Waals surface area contributed by atoms with Crippen molar-refractivity contribution in [2.45, 2.75) is 0 Å². The minimum atomic E-state index is -0.500. The molecule has 0 fully saturated rings. The SMILES string of the molecule is COc1ccc(O)cc1OC(=O)c1ccccc1. The first kappa shape index (κ1) is 12.0. The zero-order valence-corrected chi connectivity index (χ0v) is 9.79. The Kier molecular flexibility index (Phi) is 3.48. The molecule has 18 heavy (non-hydrogen) atoms. The van der Waals surface area contributed by atoms with Crippen molar-refractivity contribution in [3.63, 3.8) is 0 Å². The highest BCUT2D eigenvalue weighted by Gasteiger charge is 2.12. The third kappa shape index (κ3) is 2.60. The van der Waals surface area contributed by atoms with Gasteiger partial charge in [0.15, 0.2) is 11.5 Å². The van der Waals surface area contributed by atoms with E-state index in [1.807, 2.05) is 6.07 Å². The zero-order valence-electron chi connectivity index (χ0n) is 9.79. The first-order chi connectivity index (χ1) is 8.70. The number of carbonyl (C=O) groups excluding carboxylic acids is 1. The van der Waals surface area contributed by atoms with Crippen LogP contribution >= 0.6 is 0 Å². The third-order valence-corrected chi connectivity index (χ3v) is 2.36. The van der Waals surface area contributed by atoms with E-state index in [0.29, 0.717) is 11.3 Å². The number of ether oxygens (including phenoxy) is 2. The number of hydrogen-bond acceptors (Lipinski definition) is 4. The van der Waals surface area contributed by atoms with Gasteiger partial charge in [-0.3, -0.25) is 0 Å². The number of phenols is 1. The molecule has 0 aliphatic heterocycles. The van der Waals surface area contributed by atoms with Gasteiger partial charge in [0.1, 0.15) is 5.75 Å². The van der Waals surface area contributed by atoms with Gasteiger partial charge in [-0.15, -0.1) is 0 Å². The topological polar surface area (TPSA) is 55.8 Å². The smallest absolute Gasteiger partial charge is 0.343 e. The Morgan fingerprint density at radius 2 is 1.78 bits per heavy atom. The van der Waals surface area contributed by atoms with Gasteiger partial charge in [0.25, 0.3) is 0 Å². The van der Waals surface area contributed by atoms with Crippen molar-refractivity contribution < 1.29 is 19.4 Å². The van der Waals surface area contributed by atoms with Crippen molar-refractivity contribution in [2.24, 2.45) is 0 Å². The summed E-state index contributed by atoms with van der Waals surface area (Å²) in [7, 11) is 1.46. The number of phenolic OH excluding ortho intramolecular Hbond substituents is 1. The predicted octanol–water partition coefficient (Wildman–Crippen LogP) is 2.62. The standard InChI is InChI=1S/C14H12O4/c1-17-12-8-7-11(15)9-13(12)18-14(16)10-5-3-2-4-6-10/h2-9,15H,1H3. The minimum absolute atomic E-state index is 0.00617. The molecule has 0 spiro atoms. The summed E-state index contributed by atoms with van der Waals surface area (Å²) in [6.45, 7) is 0. The summed E-state index contributed by atoms with van der Waals surface area (Å²) in [5.74, 6) is 0.0783. The number of hydrogen-bond donors (Lipinski definition) is 1. The highest BCUT2D eigenvalue weighted by Crippen LogP contribution is 2.31. The highest BCUT2D eigenvalue weighted by molar-refractivity contribution is 5.91. The second-order valence-electron chi connectivity index (χ2n) is 3.59. The van der Waals surface area contributed by atoms with Crippen molar-refractivity contribution >= 4 is 5.97 Å². The van der Waals surface area contributed by atoms with Crippen LogP contribution < -0.4 is 9.47 Å². The molecule has 0 atom stereocenters. The monoisotopic (exact) mass is 244 g/mol. The maximum atomic E-state index is 11.8. The minimum Gasteiger partial charge on any atom is -0.508 e. The molecule has 0 aromatic heterocycles. The van der Waals surface area contributed by atoms with Crippen molar-refractivity contribution in [3.05, 3.63) is 54.1 Å². The molecular weight excluding hydrogens is 232 g/mol. The van der Waals surface area contributed by atoms with E-state index in [2.05, 4.69) is 0 Å². The molecule has 4 nitrogen and oxygen atoms in total. The van der Waals surface area contributed by atoms with Crippen LogP contribution in [0.4, 0.5) is 0 Å². The molecule has 0 saturated heterocycles. The quantitative estimate of drug-likeness (QED) is 0.666. The molecular formula is C14H12O4. The van der Waals surface area contributed by atoms with E-state index in [0.717, 1.165) is 0 Å². The van der Waals surface area contributed by atoms with Crippen LogP contribution in [-0.2, 0) is 0 Å². The van der Waals surface area contributed by atoms with Gasteiger partial charge in [0, 0.05) is 6.07 Å². The van der Waals surface area contributed by atoms with E-state index in [9.17, 15) is 9.90 Å². The number of esters is 1. The molecule has 4 heteroatoms. The lowest BCUT2D eigenvalue weighted by molar-refractivity contribution is 0.0729. The number of methoxy groups -OCH3 is 1. The van der Waals surface area contributed by atoms with E-state index >= 15 is 0 Å². The fraction of sp³-hybridized carbons (Fsp3) is 0.0714. The molecule has 0 aliphatic carbocycles. The van der Waals surface area contributed by atoms with Gasteiger partial charge in [-0.2, -0.15) is 0 Å². The summed E-state index contributed by atoms with van der Waals surface area (Å²) >= 11 is 0. The van der Waals surface area contributed by atoms with Crippen LogP contribution in [0.15, 0.2) is 48.5 Å². The summed E-state index contributed by atoms with van der Waals surface area (Å²) in [6, 6.07) is 12.9. The summed E-state index contributed by atoms with van der Waals surface area (Å²) in [6.07, 6.45) is 0. The van der Waals surface area contributed by atoms with E-state index in [1.165, 1.54) is 25.3 Å². The van der Waals surface area contributed by atoms with E-state index in [1.54, 1.807) is 24.3 Å². The summed E-state index contributed by atoms with van der Waals surface area (Å²) in [5.41, 5.74) is 0.433. The average Bonchev–Trinajstić information content (AvgIpc) is 2.40. The molecule has 0 radical (unpaired) electrons. The summed E-state index contributed by atoms with van der Waals surface area (Å²) in [4.78, 5) is 11.8. The molecule has 2 rings (SSSR count). The lowest BCUT2D eigenvalue weighted by atomic mass is 10.2. The highest BCUT2D eigenvalue weighted by atomic mass is 16.6. The van der Waals surface area contributed by atoms with E-state index in [4.69, 9.17) is 9.47 Å². The van der Waals surface area contributed by atoms with Crippen molar-refractivity contribution in [3.8, 4) is 17.2 Å². The second-order valence-corrected chi connectivity index (χ2v) is 3.59. The molecule has 2 aromatic rings. The van der Waals surface area contributed by atoms with Gasteiger partial charge >= 0.3 is 5.97 Å². The number of aromatic hydroxyl groups is 1. The zero-order chi connectivity index (χ0) is 13.0. The average molecular weight is 244 g/mol. The Balaban J connectivity index is 2.24. The van der Waals surface area contributed by atoms with Gasteiger partial charge < -0.3 is 14.6 Å². The van der Waals surface area contributed by atoms with E-state index in [-0.39, 0.29) is 11.5 Å². The molecule has 0 heterocycles. The normalized spacial score (nSPS) is 9.83. The molecule has 0 amide bonds. The van der Waals surface area contributed by atoms with Crippen molar-refractivity contribution in [1.29, 1.82) is 0 Å². The van der Waals surface area contributed by atoms with Crippen molar-refractivity contribution in [2.75, 3.05) is 7.11 Å². The molecule has 0 bridgehead atoms. The molecule has 0 saturated carbocycles. The van der Waals surface area contributed by atoms with Gasteiger partial charge in [0.2, 0.25) is 0 Å². The molecule has 0 unspecified atom stereocenters. The van der Waals surface area contributed by atoms with Crippen LogP contribution in [0.5, 0.6) is 17.2 Å². The Bertz CT molecular complexity index is 549.